The van der Waals surface area contributed by atoms with Crippen molar-refractivity contribution in [2.75, 3.05) is 54.1 Å². The van der Waals surface area contributed by atoms with Crippen LogP contribution in [0.4, 0.5) is 0 Å². The number of hydrogen-bond acceptors (Lipinski definition) is 6. The van der Waals surface area contributed by atoms with Gasteiger partial charge in [-0.3, -0.25) is 13.8 Å². The van der Waals surface area contributed by atoms with Gasteiger partial charge in [0.25, 0.3) is 0 Å². The molecule has 0 aliphatic heterocycles. The number of esters is 1. The van der Waals surface area contributed by atoms with E-state index in [1.807, 2.05) is 21.1 Å². The van der Waals surface area contributed by atoms with E-state index in [0.717, 1.165) is 57.8 Å². The molecule has 2 atom stereocenters. The van der Waals surface area contributed by atoms with E-state index in [9.17, 15) is 14.3 Å². The lowest BCUT2D eigenvalue weighted by molar-refractivity contribution is -0.870. The van der Waals surface area contributed by atoms with Gasteiger partial charge in [0.1, 0.15) is 19.3 Å². The van der Waals surface area contributed by atoms with Gasteiger partial charge in [0.05, 0.1) is 34.4 Å². The predicted molar refractivity (Wildman–Crippen MR) is 298 cm³/mol. The van der Waals surface area contributed by atoms with Gasteiger partial charge in [-0.05, 0) is 51.4 Å². The molecule has 0 aliphatic rings. The molecular weight excluding hydrogens is 878 g/mol. The van der Waals surface area contributed by atoms with Crippen LogP contribution in [0.3, 0.4) is 0 Å². The highest BCUT2D eigenvalue weighted by molar-refractivity contribution is 7.47. The number of nitrogens with zero attached hydrogens (tertiary/aromatic N) is 1. The maximum atomic E-state index is 12.8. The minimum atomic E-state index is -4.29. The largest absolute Gasteiger partial charge is 0.472 e. The van der Waals surface area contributed by atoms with Crippen molar-refractivity contribution in [2.45, 2.75) is 277 Å². The number of allylic oxidation sites excluding steroid dienone is 8. The van der Waals surface area contributed by atoms with Gasteiger partial charge in [0, 0.05) is 13.0 Å². The van der Waals surface area contributed by atoms with Crippen LogP contribution < -0.4 is 0 Å². The third-order valence-corrected chi connectivity index (χ3v) is 13.9. The molecule has 8 nitrogen and oxygen atoms in total. The Labute approximate surface area is 428 Å². The van der Waals surface area contributed by atoms with Crippen molar-refractivity contribution >= 4 is 13.8 Å². The monoisotopic (exact) mass is 993 g/mol. The summed E-state index contributed by atoms with van der Waals surface area (Å²) in [7, 11) is 1.67. The molecule has 9 heteroatoms. The molecule has 0 saturated carbocycles. The number of phosphoric ester groups is 1. The Bertz CT molecular complexity index is 1240. The number of unbranched alkanes of at least 4 members (excludes halogenated alkanes) is 33. The van der Waals surface area contributed by atoms with Gasteiger partial charge in [-0.1, -0.05) is 262 Å². The fraction of sp³-hybridized carbons (Fsp3) is 0.850. The number of rotatable bonds is 55. The average Bonchev–Trinajstić information content (AvgIpc) is 3.31. The molecule has 0 aromatic rings. The van der Waals surface area contributed by atoms with E-state index in [-0.39, 0.29) is 25.8 Å². The molecule has 0 radical (unpaired) electrons. The molecule has 0 amide bonds. The predicted octanol–water partition coefficient (Wildman–Crippen LogP) is 18.6. The second-order valence-corrected chi connectivity index (χ2v) is 22.5. The quantitative estimate of drug-likeness (QED) is 0.0213. The molecule has 0 aromatic heterocycles. The standard InChI is InChI=1S/C60H114NO7P/c1-6-8-10-12-14-16-18-20-22-24-26-28-30-32-34-36-38-40-42-44-46-48-50-52-55-65-57-59(58-67-69(63,64)66-56-54-61(3,4)5)68-60(62)53-51-49-47-45-43-41-39-37-35-33-31-29-27-25-23-21-19-17-15-13-11-9-7-2/h9,11,15,17,21,23,27,29,59H,6-8,10,12-14,16,18-20,22,24-26,28,30-58H2,1-5H3/p+1/b11-9-,17-15-,23-21-,29-27-. The van der Waals surface area contributed by atoms with E-state index in [2.05, 4.69) is 62.5 Å². The molecule has 0 aliphatic carbocycles. The van der Waals surface area contributed by atoms with E-state index in [0.29, 0.717) is 24.1 Å². The maximum Gasteiger partial charge on any atom is 0.472 e. The van der Waals surface area contributed by atoms with Gasteiger partial charge >= 0.3 is 13.8 Å². The third kappa shape index (κ3) is 57.2. The first-order chi connectivity index (χ1) is 33.6. The van der Waals surface area contributed by atoms with Gasteiger partial charge in [0.2, 0.25) is 0 Å². The normalized spacial score (nSPS) is 13.8. The SMILES string of the molecule is CC/C=C\C/C=C\C/C=C\C/C=C\CCCCCCCCCCCCC(=O)OC(COCCCCCCCCCCCCCCCCCCCCCCCCCC)COP(=O)(O)OCC[N+](C)(C)C. The molecule has 0 fully saturated rings. The average molecular weight is 994 g/mol. The highest BCUT2D eigenvalue weighted by Crippen LogP contribution is 2.43. The van der Waals surface area contributed by atoms with Crippen LogP contribution in [0.1, 0.15) is 271 Å². The van der Waals surface area contributed by atoms with Crippen LogP contribution in [-0.4, -0.2) is 75.6 Å². The van der Waals surface area contributed by atoms with Gasteiger partial charge in [0.15, 0.2) is 0 Å². The first-order valence-electron chi connectivity index (χ1n) is 29.4. The Morgan fingerprint density at radius 2 is 0.841 bits per heavy atom. The Morgan fingerprint density at radius 3 is 1.26 bits per heavy atom. The lowest BCUT2D eigenvalue weighted by Gasteiger charge is -2.24. The van der Waals surface area contributed by atoms with Crippen molar-refractivity contribution in [3.8, 4) is 0 Å². The third-order valence-electron chi connectivity index (χ3n) is 12.9. The Hall–Kier alpha value is -1.54. The van der Waals surface area contributed by atoms with E-state index < -0.39 is 13.9 Å². The van der Waals surface area contributed by atoms with Crippen LogP contribution in [0.15, 0.2) is 48.6 Å². The highest BCUT2D eigenvalue weighted by atomic mass is 31.2. The number of phosphoric acid groups is 1. The minimum absolute atomic E-state index is 0.0883. The second-order valence-electron chi connectivity index (χ2n) is 21.0. The van der Waals surface area contributed by atoms with E-state index in [4.69, 9.17) is 18.5 Å². The summed E-state index contributed by atoms with van der Waals surface area (Å²) in [5.74, 6) is -0.314. The summed E-state index contributed by atoms with van der Waals surface area (Å²) in [4.78, 5) is 23.1. The summed E-state index contributed by atoms with van der Waals surface area (Å²) in [5.41, 5.74) is 0. The number of likely N-dealkylation sites (N-methyl/N-ethyl adjacent to an activating group) is 1. The van der Waals surface area contributed by atoms with Crippen LogP contribution in [0, 0.1) is 0 Å². The molecule has 69 heavy (non-hydrogen) atoms. The van der Waals surface area contributed by atoms with E-state index in [1.54, 1.807) is 0 Å². The fourth-order valence-electron chi connectivity index (χ4n) is 8.43. The maximum absolute atomic E-state index is 12.8. The van der Waals surface area contributed by atoms with Crippen molar-refractivity contribution in [3.63, 3.8) is 0 Å². The molecule has 0 rings (SSSR count). The lowest BCUT2D eigenvalue weighted by atomic mass is 10.0. The first kappa shape index (κ1) is 67.5. The van der Waals surface area contributed by atoms with Crippen molar-refractivity contribution in [1.82, 2.24) is 0 Å². The van der Waals surface area contributed by atoms with Crippen LogP contribution >= 0.6 is 7.82 Å². The van der Waals surface area contributed by atoms with Crippen LogP contribution in [0.2, 0.25) is 0 Å². The fourth-order valence-corrected chi connectivity index (χ4v) is 9.17. The zero-order valence-electron chi connectivity index (χ0n) is 46.3. The molecule has 0 heterocycles. The summed E-state index contributed by atoms with van der Waals surface area (Å²) in [6.07, 6.45) is 67.5. The molecule has 0 bridgehead atoms. The number of carbonyl (C=O) groups excluding carboxylic acids is 1. The highest BCUT2D eigenvalue weighted by Gasteiger charge is 2.26. The molecule has 0 aromatic carbocycles. The molecule has 0 spiro atoms. The second kappa shape index (κ2) is 52.8. The van der Waals surface area contributed by atoms with E-state index >= 15 is 0 Å². The van der Waals surface area contributed by atoms with Gasteiger partial charge in [-0.25, -0.2) is 4.57 Å². The summed E-state index contributed by atoms with van der Waals surface area (Å²) < 4.78 is 35.3. The molecular formula is C60H115NO7P+. The van der Waals surface area contributed by atoms with Crippen LogP contribution in [0.5, 0.6) is 0 Å². The smallest absolute Gasteiger partial charge is 0.457 e. The molecule has 406 valence electrons. The lowest BCUT2D eigenvalue weighted by Crippen LogP contribution is -2.37. The van der Waals surface area contributed by atoms with Crippen molar-refractivity contribution in [2.24, 2.45) is 0 Å². The Morgan fingerprint density at radius 1 is 0.464 bits per heavy atom. The molecule has 0 saturated heterocycles. The topological polar surface area (TPSA) is 91.3 Å². The summed E-state index contributed by atoms with van der Waals surface area (Å²) in [5, 5.41) is 0. The molecule has 2 unspecified atom stereocenters. The number of carbonyl (C=O) groups is 1. The van der Waals surface area contributed by atoms with Crippen molar-refractivity contribution in [3.05, 3.63) is 48.6 Å². The van der Waals surface area contributed by atoms with Crippen molar-refractivity contribution < 1.29 is 37.3 Å². The molecule has 1 N–H and O–H groups in total. The van der Waals surface area contributed by atoms with Gasteiger partial charge < -0.3 is 18.9 Å². The Balaban J connectivity index is 4.04. The summed E-state index contributed by atoms with van der Waals surface area (Å²) in [6.45, 7) is 5.56. The zero-order valence-corrected chi connectivity index (χ0v) is 47.2. The van der Waals surface area contributed by atoms with Gasteiger partial charge in [-0.2, -0.15) is 0 Å². The summed E-state index contributed by atoms with van der Waals surface area (Å²) >= 11 is 0. The van der Waals surface area contributed by atoms with Gasteiger partial charge in [-0.15, -0.1) is 0 Å². The first-order valence-corrected chi connectivity index (χ1v) is 30.9. The van der Waals surface area contributed by atoms with Crippen LogP contribution in [-0.2, 0) is 27.9 Å². The number of quaternary nitrogens is 1. The van der Waals surface area contributed by atoms with E-state index in [1.165, 1.54) is 193 Å². The van der Waals surface area contributed by atoms with Crippen LogP contribution in [0.25, 0.3) is 0 Å². The zero-order chi connectivity index (χ0) is 50.5. The number of hydrogen-bond donors (Lipinski definition) is 1. The Kier molecular flexibility index (Phi) is 51.6. The minimum Gasteiger partial charge on any atom is -0.457 e. The number of ether oxygens (including phenoxy) is 2. The van der Waals surface area contributed by atoms with Crippen molar-refractivity contribution in [1.29, 1.82) is 0 Å². The summed E-state index contributed by atoms with van der Waals surface area (Å²) in [6, 6.07) is 0.